The van der Waals surface area contributed by atoms with Crippen LogP contribution in [0, 0.1) is 6.92 Å². The number of amides is 1. The van der Waals surface area contributed by atoms with Gasteiger partial charge in [0.25, 0.3) is 0 Å². The molecule has 0 fully saturated rings. The first-order chi connectivity index (χ1) is 8.08. The Morgan fingerprint density at radius 3 is 2.41 bits per heavy atom. The highest BCUT2D eigenvalue weighted by Gasteiger charge is 2.04. The van der Waals surface area contributed by atoms with Crippen LogP contribution < -0.4 is 11.5 Å². The van der Waals surface area contributed by atoms with Gasteiger partial charge in [-0.05, 0) is 19.1 Å². The monoisotopic (exact) mass is 228 g/mol. The Bertz CT molecular complexity index is 563. The fourth-order valence-electron chi connectivity index (χ4n) is 1.44. The summed E-state index contributed by atoms with van der Waals surface area (Å²) in [5, 5.41) is 0. The van der Waals surface area contributed by atoms with E-state index in [1.807, 2.05) is 0 Å². The summed E-state index contributed by atoms with van der Waals surface area (Å²) in [5.41, 5.74) is 13.5. The smallest absolute Gasteiger partial charge is 0.248 e. The van der Waals surface area contributed by atoms with Crippen molar-refractivity contribution in [2.24, 2.45) is 5.73 Å². The van der Waals surface area contributed by atoms with Crippen LogP contribution in [0.2, 0.25) is 0 Å². The molecule has 0 saturated heterocycles. The van der Waals surface area contributed by atoms with Gasteiger partial charge in [0.2, 0.25) is 5.91 Å². The Morgan fingerprint density at radius 2 is 1.88 bits per heavy atom. The summed E-state index contributed by atoms with van der Waals surface area (Å²) in [5.74, 6) is -0.0290. The molecule has 1 heterocycles. The quantitative estimate of drug-likeness (QED) is 0.805. The maximum absolute atomic E-state index is 10.9. The van der Waals surface area contributed by atoms with Crippen LogP contribution in [0.1, 0.15) is 16.1 Å². The van der Waals surface area contributed by atoms with Crippen LogP contribution in [0.5, 0.6) is 0 Å². The molecule has 1 amide bonds. The molecule has 17 heavy (non-hydrogen) atoms. The third-order valence-electron chi connectivity index (χ3n) is 2.45. The SMILES string of the molecule is Cc1nc(-c2ccc(C(N)=O)cc2)cnc1N. The molecule has 5 heteroatoms. The van der Waals surface area contributed by atoms with E-state index in [9.17, 15) is 4.79 Å². The minimum Gasteiger partial charge on any atom is -0.382 e. The summed E-state index contributed by atoms with van der Waals surface area (Å²) in [6.07, 6.45) is 1.60. The number of nitrogen functional groups attached to an aromatic ring is 1. The lowest BCUT2D eigenvalue weighted by atomic mass is 10.1. The van der Waals surface area contributed by atoms with Crippen LogP contribution >= 0.6 is 0 Å². The third-order valence-corrected chi connectivity index (χ3v) is 2.45. The summed E-state index contributed by atoms with van der Waals surface area (Å²) >= 11 is 0. The fraction of sp³-hybridized carbons (Fsp3) is 0.0833. The molecule has 1 aromatic heterocycles. The molecule has 4 N–H and O–H groups in total. The maximum Gasteiger partial charge on any atom is 0.248 e. The van der Waals surface area contributed by atoms with Crippen LogP contribution in [-0.2, 0) is 0 Å². The Labute approximate surface area is 98.5 Å². The van der Waals surface area contributed by atoms with Crippen molar-refractivity contribution >= 4 is 11.7 Å². The van der Waals surface area contributed by atoms with E-state index >= 15 is 0 Å². The van der Waals surface area contributed by atoms with E-state index in [-0.39, 0.29) is 0 Å². The lowest BCUT2D eigenvalue weighted by molar-refractivity contribution is 0.100. The van der Waals surface area contributed by atoms with Gasteiger partial charge in [0, 0.05) is 11.1 Å². The van der Waals surface area contributed by atoms with Gasteiger partial charge in [0.15, 0.2) is 0 Å². The van der Waals surface area contributed by atoms with Crippen LogP contribution in [0.3, 0.4) is 0 Å². The number of carbonyl (C=O) groups excluding carboxylic acids is 1. The number of benzene rings is 1. The Kier molecular flexibility index (Phi) is 2.74. The molecular formula is C12H12N4O. The van der Waals surface area contributed by atoms with Crippen molar-refractivity contribution < 1.29 is 4.79 Å². The molecule has 5 nitrogen and oxygen atoms in total. The molecule has 0 aliphatic rings. The molecule has 2 aromatic rings. The number of nitrogens with zero attached hydrogens (tertiary/aromatic N) is 2. The number of rotatable bonds is 2. The summed E-state index contributed by atoms with van der Waals surface area (Å²) in [7, 11) is 0. The van der Waals surface area contributed by atoms with Gasteiger partial charge in [0.1, 0.15) is 5.82 Å². The Balaban J connectivity index is 2.39. The zero-order valence-electron chi connectivity index (χ0n) is 9.34. The van der Waals surface area contributed by atoms with Crippen LogP contribution in [0.15, 0.2) is 30.5 Å². The van der Waals surface area contributed by atoms with Crippen molar-refractivity contribution in [1.29, 1.82) is 0 Å². The number of aryl methyl sites for hydroxylation is 1. The molecule has 0 unspecified atom stereocenters. The third kappa shape index (κ3) is 2.23. The highest BCUT2D eigenvalue weighted by atomic mass is 16.1. The molecule has 0 radical (unpaired) electrons. The first-order valence-corrected chi connectivity index (χ1v) is 5.07. The Hall–Kier alpha value is -2.43. The maximum atomic E-state index is 10.9. The first-order valence-electron chi connectivity index (χ1n) is 5.07. The summed E-state index contributed by atoms with van der Waals surface area (Å²) in [6.45, 7) is 1.80. The molecule has 0 aliphatic carbocycles. The average Bonchev–Trinajstić information content (AvgIpc) is 2.33. The second-order valence-electron chi connectivity index (χ2n) is 3.67. The number of primary amides is 1. The number of aromatic nitrogens is 2. The summed E-state index contributed by atoms with van der Waals surface area (Å²) in [6, 6.07) is 6.87. The zero-order valence-corrected chi connectivity index (χ0v) is 9.34. The largest absolute Gasteiger partial charge is 0.382 e. The molecule has 1 aromatic carbocycles. The highest BCUT2D eigenvalue weighted by Crippen LogP contribution is 2.18. The standard InChI is InChI=1S/C12H12N4O/c1-7-11(13)15-6-10(16-7)8-2-4-9(5-3-8)12(14)17/h2-6H,1H3,(H2,13,15)(H2,14,17). The minimum absolute atomic E-state index is 0.419. The second-order valence-corrected chi connectivity index (χ2v) is 3.67. The highest BCUT2D eigenvalue weighted by molar-refractivity contribution is 5.93. The molecule has 0 spiro atoms. The van der Waals surface area contributed by atoms with E-state index < -0.39 is 5.91 Å². The lowest BCUT2D eigenvalue weighted by Crippen LogP contribution is -2.10. The fourth-order valence-corrected chi connectivity index (χ4v) is 1.44. The molecule has 0 atom stereocenters. The van der Waals surface area contributed by atoms with Crippen molar-refractivity contribution in [3.63, 3.8) is 0 Å². The van der Waals surface area contributed by atoms with Gasteiger partial charge in [-0.1, -0.05) is 12.1 Å². The van der Waals surface area contributed by atoms with Crippen LogP contribution in [0.4, 0.5) is 5.82 Å². The first kappa shape index (κ1) is 11.1. The van der Waals surface area contributed by atoms with Gasteiger partial charge in [0.05, 0.1) is 17.6 Å². The van der Waals surface area contributed by atoms with Crippen molar-refractivity contribution in [2.45, 2.75) is 6.92 Å². The predicted octanol–water partition coefficient (Wildman–Crippen LogP) is 1.13. The zero-order chi connectivity index (χ0) is 12.4. The van der Waals surface area contributed by atoms with Gasteiger partial charge >= 0.3 is 0 Å². The van der Waals surface area contributed by atoms with E-state index in [0.717, 1.165) is 5.56 Å². The van der Waals surface area contributed by atoms with Gasteiger partial charge < -0.3 is 11.5 Å². The molecule has 2 rings (SSSR count). The van der Waals surface area contributed by atoms with Crippen LogP contribution in [-0.4, -0.2) is 15.9 Å². The van der Waals surface area contributed by atoms with E-state index in [2.05, 4.69) is 9.97 Å². The number of hydrogen-bond donors (Lipinski definition) is 2. The van der Waals surface area contributed by atoms with Crippen molar-refractivity contribution in [3.05, 3.63) is 41.7 Å². The molecule has 0 bridgehead atoms. The molecule has 86 valence electrons. The van der Waals surface area contributed by atoms with E-state index in [4.69, 9.17) is 11.5 Å². The normalized spacial score (nSPS) is 10.2. The van der Waals surface area contributed by atoms with Crippen LogP contribution in [0.25, 0.3) is 11.3 Å². The second kappa shape index (κ2) is 4.21. The predicted molar refractivity (Wildman–Crippen MR) is 65.1 cm³/mol. The van der Waals surface area contributed by atoms with E-state index in [0.29, 0.717) is 22.8 Å². The molecular weight excluding hydrogens is 216 g/mol. The van der Waals surface area contributed by atoms with Crippen molar-refractivity contribution in [2.75, 3.05) is 5.73 Å². The Morgan fingerprint density at radius 1 is 1.24 bits per heavy atom. The van der Waals surface area contributed by atoms with Gasteiger partial charge in [-0.15, -0.1) is 0 Å². The minimum atomic E-state index is -0.448. The number of anilines is 1. The number of nitrogens with two attached hydrogens (primary N) is 2. The van der Waals surface area contributed by atoms with Gasteiger partial charge in [-0.2, -0.15) is 0 Å². The van der Waals surface area contributed by atoms with Gasteiger partial charge in [-0.25, -0.2) is 9.97 Å². The lowest BCUT2D eigenvalue weighted by Gasteiger charge is -2.04. The topological polar surface area (TPSA) is 94.9 Å². The summed E-state index contributed by atoms with van der Waals surface area (Å²) in [4.78, 5) is 19.3. The van der Waals surface area contributed by atoms with E-state index in [1.165, 1.54) is 0 Å². The molecule has 0 aliphatic heterocycles. The number of hydrogen-bond acceptors (Lipinski definition) is 4. The van der Waals surface area contributed by atoms with E-state index in [1.54, 1.807) is 37.4 Å². The van der Waals surface area contributed by atoms with Crippen molar-refractivity contribution in [3.8, 4) is 11.3 Å². The average molecular weight is 228 g/mol. The molecule has 0 saturated carbocycles. The van der Waals surface area contributed by atoms with Gasteiger partial charge in [-0.3, -0.25) is 4.79 Å². The van der Waals surface area contributed by atoms with Crippen molar-refractivity contribution in [1.82, 2.24) is 9.97 Å². The summed E-state index contributed by atoms with van der Waals surface area (Å²) < 4.78 is 0. The number of carbonyl (C=O) groups is 1.